The van der Waals surface area contributed by atoms with E-state index < -0.39 is 0 Å². The van der Waals surface area contributed by atoms with Crippen LogP contribution in [0.2, 0.25) is 0 Å². The third-order valence-electron chi connectivity index (χ3n) is 2.80. The molecule has 0 unspecified atom stereocenters. The predicted molar refractivity (Wildman–Crippen MR) is 68.0 cm³/mol. The first-order chi connectivity index (χ1) is 8.85. The highest BCUT2D eigenvalue weighted by molar-refractivity contribution is 5.79. The third kappa shape index (κ3) is 1.96. The number of nitriles is 1. The van der Waals surface area contributed by atoms with Crippen molar-refractivity contribution in [2.45, 2.75) is 6.42 Å². The van der Waals surface area contributed by atoms with Gasteiger partial charge in [0.2, 0.25) is 0 Å². The molecule has 0 bridgehead atoms. The first-order valence-electron chi connectivity index (χ1n) is 5.66. The van der Waals surface area contributed by atoms with E-state index in [0.717, 1.165) is 22.3 Å². The SMILES string of the molecule is N#Cc1ccc2oc(Cc3cccnc3)cc2c1. The van der Waals surface area contributed by atoms with E-state index >= 15 is 0 Å². The van der Waals surface area contributed by atoms with Crippen molar-refractivity contribution in [3.05, 3.63) is 65.7 Å². The van der Waals surface area contributed by atoms with Gasteiger partial charge >= 0.3 is 0 Å². The molecular formula is C15H10N2O. The monoisotopic (exact) mass is 234 g/mol. The maximum absolute atomic E-state index is 8.85. The van der Waals surface area contributed by atoms with Gasteiger partial charge in [0.15, 0.2) is 0 Å². The molecule has 2 aromatic heterocycles. The van der Waals surface area contributed by atoms with Crippen LogP contribution in [-0.2, 0) is 6.42 Å². The number of nitrogens with zero attached hydrogens (tertiary/aromatic N) is 2. The lowest BCUT2D eigenvalue weighted by molar-refractivity contribution is 0.562. The third-order valence-corrected chi connectivity index (χ3v) is 2.80. The molecule has 0 radical (unpaired) electrons. The Labute approximate surface area is 104 Å². The highest BCUT2D eigenvalue weighted by atomic mass is 16.3. The minimum atomic E-state index is 0.649. The predicted octanol–water partition coefficient (Wildman–Crippen LogP) is 3.29. The molecule has 0 saturated heterocycles. The van der Waals surface area contributed by atoms with Gasteiger partial charge in [-0.05, 0) is 35.9 Å². The highest BCUT2D eigenvalue weighted by Crippen LogP contribution is 2.22. The molecule has 0 aliphatic rings. The summed E-state index contributed by atoms with van der Waals surface area (Å²) in [6.07, 6.45) is 4.29. The topological polar surface area (TPSA) is 49.8 Å². The van der Waals surface area contributed by atoms with Gasteiger partial charge in [0.05, 0.1) is 11.6 Å². The lowest BCUT2D eigenvalue weighted by Crippen LogP contribution is -1.85. The molecule has 86 valence electrons. The van der Waals surface area contributed by atoms with Gasteiger partial charge in [-0.25, -0.2) is 0 Å². The summed E-state index contributed by atoms with van der Waals surface area (Å²) >= 11 is 0. The Balaban J connectivity index is 1.97. The lowest BCUT2D eigenvalue weighted by atomic mass is 10.1. The Bertz CT molecular complexity index is 723. The van der Waals surface area contributed by atoms with Gasteiger partial charge < -0.3 is 4.42 Å². The van der Waals surface area contributed by atoms with Gasteiger partial charge in [0, 0.05) is 24.2 Å². The summed E-state index contributed by atoms with van der Waals surface area (Å²) in [5, 5.41) is 9.82. The minimum Gasteiger partial charge on any atom is -0.461 e. The van der Waals surface area contributed by atoms with E-state index in [2.05, 4.69) is 11.1 Å². The van der Waals surface area contributed by atoms with E-state index in [1.54, 1.807) is 12.3 Å². The molecule has 3 rings (SSSR count). The molecule has 18 heavy (non-hydrogen) atoms. The van der Waals surface area contributed by atoms with Crippen molar-refractivity contribution < 1.29 is 4.42 Å². The zero-order chi connectivity index (χ0) is 12.4. The van der Waals surface area contributed by atoms with Gasteiger partial charge in [-0.3, -0.25) is 4.98 Å². The normalized spacial score (nSPS) is 10.4. The number of fused-ring (bicyclic) bond motifs is 1. The van der Waals surface area contributed by atoms with Crippen molar-refractivity contribution >= 4 is 11.0 Å². The molecule has 0 spiro atoms. The Kier molecular flexibility index (Phi) is 2.54. The average molecular weight is 234 g/mol. The molecule has 0 N–H and O–H groups in total. The fourth-order valence-electron chi connectivity index (χ4n) is 1.96. The van der Waals surface area contributed by atoms with Gasteiger partial charge in [-0.1, -0.05) is 6.07 Å². The molecule has 3 nitrogen and oxygen atoms in total. The van der Waals surface area contributed by atoms with Crippen molar-refractivity contribution in [1.29, 1.82) is 5.26 Å². The molecule has 0 atom stereocenters. The Morgan fingerprint density at radius 1 is 1.22 bits per heavy atom. The molecule has 3 heteroatoms. The van der Waals surface area contributed by atoms with E-state index in [9.17, 15) is 0 Å². The van der Waals surface area contributed by atoms with Gasteiger partial charge in [0.1, 0.15) is 11.3 Å². The van der Waals surface area contributed by atoms with Crippen LogP contribution in [0, 0.1) is 11.3 Å². The summed E-state index contributed by atoms with van der Waals surface area (Å²) in [5.41, 5.74) is 2.57. The van der Waals surface area contributed by atoms with Gasteiger partial charge in [-0.15, -0.1) is 0 Å². The van der Waals surface area contributed by atoms with Crippen molar-refractivity contribution in [3.63, 3.8) is 0 Å². The van der Waals surface area contributed by atoms with Crippen molar-refractivity contribution in [1.82, 2.24) is 4.98 Å². The van der Waals surface area contributed by atoms with Crippen LogP contribution in [0.5, 0.6) is 0 Å². The summed E-state index contributed by atoms with van der Waals surface area (Å²) in [6.45, 7) is 0. The minimum absolute atomic E-state index is 0.649. The fourth-order valence-corrected chi connectivity index (χ4v) is 1.96. The van der Waals surface area contributed by atoms with Gasteiger partial charge in [-0.2, -0.15) is 5.26 Å². The number of hydrogen-bond acceptors (Lipinski definition) is 3. The van der Waals surface area contributed by atoms with Crippen LogP contribution in [-0.4, -0.2) is 4.98 Å². The van der Waals surface area contributed by atoms with Crippen LogP contribution in [0.4, 0.5) is 0 Å². The standard InChI is InChI=1S/C15H10N2O/c16-9-11-3-4-15-13(6-11)8-14(18-15)7-12-2-1-5-17-10-12/h1-6,8,10H,7H2. The van der Waals surface area contributed by atoms with Crippen LogP contribution in [0.1, 0.15) is 16.9 Å². The van der Waals surface area contributed by atoms with Crippen molar-refractivity contribution in [3.8, 4) is 6.07 Å². The summed E-state index contributed by atoms with van der Waals surface area (Å²) in [7, 11) is 0. The number of hydrogen-bond donors (Lipinski definition) is 0. The van der Waals surface area contributed by atoms with Gasteiger partial charge in [0.25, 0.3) is 0 Å². The molecule has 0 aliphatic heterocycles. The smallest absolute Gasteiger partial charge is 0.134 e. The molecule has 0 amide bonds. The number of rotatable bonds is 2. The second-order valence-electron chi connectivity index (χ2n) is 4.12. The Morgan fingerprint density at radius 3 is 2.94 bits per heavy atom. The van der Waals surface area contributed by atoms with E-state index in [1.807, 2.05) is 36.5 Å². The molecule has 0 aliphatic carbocycles. The Morgan fingerprint density at radius 2 is 2.17 bits per heavy atom. The van der Waals surface area contributed by atoms with Crippen molar-refractivity contribution in [2.24, 2.45) is 0 Å². The zero-order valence-corrected chi connectivity index (χ0v) is 9.63. The lowest BCUT2D eigenvalue weighted by Gasteiger charge is -1.95. The summed E-state index contributed by atoms with van der Waals surface area (Å²) < 4.78 is 5.73. The van der Waals surface area contributed by atoms with E-state index in [1.165, 1.54) is 0 Å². The largest absolute Gasteiger partial charge is 0.461 e. The van der Waals surface area contributed by atoms with E-state index in [-0.39, 0.29) is 0 Å². The maximum Gasteiger partial charge on any atom is 0.134 e. The molecule has 2 heterocycles. The molecule has 3 aromatic rings. The number of pyridine rings is 1. The van der Waals surface area contributed by atoms with Crippen LogP contribution >= 0.6 is 0 Å². The first-order valence-corrected chi connectivity index (χ1v) is 5.66. The molecule has 1 aromatic carbocycles. The summed E-state index contributed by atoms with van der Waals surface area (Å²) in [5.74, 6) is 0.882. The molecule has 0 fully saturated rings. The maximum atomic E-state index is 8.85. The second-order valence-corrected chi connectivity index (χ2v) is 4.12. The summed E-state index contributed by atoms with van der Waals surface area (Å²) in [4.78, 5) is 4.08. The Hall–Kier alpha value is -2.60. The van der Waals surface area contributed by atoms with Crippen LogP contribution in [0.15, 0.2) is 53.2 Å². The zero-order valence-electron chi connectivity index (χ0n) is 9.63. The average Bonchev–Trinajstić information content (AvgIpc) is 2.80. The second kappa shape index (κ2) is 4.34. The number of aromatic nitrogens is 1. The van der Waals surface area contributed by atoms with E-state index in [4.69, 9.17) is 9.68 Å². The summed E-state index contributed by atoms with van der Waals surface area (Å²) in [6, 6.07) is 13.5. The highest BCUT2D eigenvalue weighted by Gasteiger charge is 2.05. The van der Waals surface area contributed by atoms with E-state index in [0.29, 0.717) is 12.0 Å². The molecule has 0 saturated carbocycles. The van der Waals surface area contributed by atoms with Crippen LogP contribution in [0.25, 0.3) is 11.0 Å². The molecular weight excluding hydrogens is 224 g/mol. The van der Waals surface area contributed by atoms with Crippen LogP contribution in [0.3, 0.4) is 0 Å². The van der Waals surface area contributed by atoms with Crippen molar-refractivity contribution in [2.75, 3.05) is 0 Å². The van der Waals surface area contributed by atoms with Crippen LogP contribution < -0.4 is 0 Å². The number of benzene rings is 1. The quantitative estimate of drug-likeness (QED) is 0.683. The fraction of sp³-hybridized carbons (Fsp3) is 0.0667. The number of furan rings is 1. The first kappa shape index (κ1) is 10.5.